The molecule has 0 aliphatic heterocycles. The van der Waals surface area contributed by atoms with Crippen molar-refractivity contribution in [3.8, 4) is 10.6 Å². The molecule has 2 aromatic heterocycles. The predicted molar refractivity (Wildman–Crippen MR) is 92.4 cm³/mol. The fraction of sp³-hybridized carbons (Fsp3) is 0. The average Bonchev–Trinajstić information content (AvgIpc) is 3.16. The van der Waals surface area contributed by atoms with Crippen molar-refractivity contribution in [2.75, 3.05) is 5.32 Å². The van der Waals surface area contributed by atoms with Crippen molar-refractivity contribution in [3.05, 3.63) is 53.1 Å². The second kappa shape index (κ2) is 5.51. The van der Waals surface area contributed by atoms with Gasteiger partial charge in [0, 0.05) is 21.1 Å². The summed E-state index contributed by atoms with van der Waals surface area (Å²) in [5, 5.41) is 21.4. The average molecular weight is 372 g/mol. The van der Waals surface area contributed by atoms with Crippen LogP contribution in [0.4, 0.5) is 10.8 Å². The molecule has 108 valence electrons. The Morgan fingerprint density at radius 3 is 2.95 bits per heavy atom. The summed E-state index contributed by atoms with van der Waals surface area (Å²) in [5.74, 6) is 0. The van der Waals surface area contributed by atoms with E-state index in [4.69, 9.17) is 0 Å². The minimum absolute atomic E-state index is 0.762. The van der Waals surface area contributed by atoms with E-state index >= 15 is 0 Å². The lowest BCUT2D eigenvalue weighted by Gasteiger charge is -2.01. The fourth-order valence-corrected chi connectivity index (χ4v) is 3.32. The molecule has 0 spiro atoms. The Balaban J connectivity index is 1.61. The molecule has 0 atom stereocenters. The molecule has 0 radical (unpaired) electrons. The van der Waals surface area contributed by atoms with E-state index in [1.54, 1.807) is 6.20 Å². The molecule has 0 aliphatic carbocycles. The topological polar surface area (TPSA) is 66.5 Å². The molecular formula is C15H10BrN5S. The highest BCUT2D eigenvalue weighted by atomic mass is 79.9. The summed E-state index contributed by atoms with van der Waals surface area (Å²) >= 11 is 4.99. The molecule has 2 heterocycles. The van der Waals surface area contributed by atoms with Gasteiger partial charge in [-0.15, -0.1) is 10.2 Å². The van der Waals surface area contributed by atoms with Crippen LogP contribution in [0, 0.1) is 0 Å². The zero-order valence-corrected chi connectivity index (χ0v) is 13.6. The third kappa shape index (κ3) is 2.60. The molecule has 0 unspecified atom stereocenters. The van der Waals surface area contributed by atoms with Crippen LogP contribution in [0.1, 0.15) is 0 Å². The van der Waals surface area contributed by atoms with E-state index in [0.717, 1.165) is 36.8 Å². The second-order valence-electron chi connectivity index (χ2n) is 4.72. The van der Waals surface area contributed by atoms with Crippen molar-refractivity contribution in [2.45, 2.75) is 0 Å². The van der Waals surface area contributed by atoms with Gasteiger partial charge < -0.3 is 5.32 Å². The van der Waals surface area contributed by atoms with Gasteiger partial charge in [-0.05, 0) is 30.3 Å². The number of anilines is 2. The van der Waals surface area contributed by atoms with Gasteiger partial charge in [0.25, 0.3) is 0 Å². The largest absolute Gasteiger partial charge is 0.330 e. The fourth-order valence-electron chi connectivity index (χ4n) is 2.16. The van der Waals surface area contributed by atoms with Gasteiger partial charge in [-0.3, -0.25) is 5.10 Å². The molecule has 2 aromatic carbocycles. The Morgan fingerprint density at radius 2 is 2.05 bits per heavy atom. The maximum absolute atomic E-state index is 4.24. The third-order valence-electron chi connectivity index (χ3n) is 3.19. The van der Waals surface area contributed by atoms with Gasteiger partial charge in [0.1, 0.15) is 5.01 Å². The highest BCUT2D eigenvalue weighted by molar-refractivity contribution is 9.10. The highest BCUT2D eigenvalue weighted by Crippen LogP contribution is 2.30. The van der Waals surface area contributed by atoms with Gasteiger partial charge >= 0.3 is 0 Å². The second-order valence-corrected chi connectivity index (χ2v) is 6.61. The number of H-pyrrole nitrogens is 1. The summed E-state index contributed by atoms with van der Waals surface area (Å²) < 4.78 is 1.03. The number of hydrogen-bond donors (Lipinski definition) is 2. The Bertz CT molecular complexity index is 946. The lowest BCUT2D eigenvalue weighted by molar-refractivity contribution is 1.10. The van der Waals surface area contributed by atoms with E-state index in [9.17, 15) is 0 Å². The summed E-state index contributed by atoms with van der Waals surface area (Å²) in [5.41, 5.74) is 3.02. The SMILES string of the molecule is Brc1cccc(-c2nnc(Nc3ccc4[nH]ncc4c3)s2)c1. The third-order valence-corrected chi connectivity index (χ3v) is 4.57. The molecule has 0 saturated carbocycles. The van der Waals surface area contributed by atoms with Crippen LogP contribution in [0.15, 0.2) is 53.1 Å². The van der Waals surface area contributed by atoms with E-state index in [2.05, 4.69) is 41.6 Å². The quantitative estimate of drug-likeness (QED) is 0.552. The predicted octanol–water partition coefficient (Wildman–Crippen LogP) is 4.59. The molecule has 5 nitrogen and oxygen atoms in total. The molecule has 4 rings (SSSR count). The zero-order valence-electron chi connectivity index (χ0n) is 11.2. The van der Waals surface area contributed by atoms with E-state index in [0.29, 0.717) is 0 Å². The number of fused-ring (bicyclic) bond motifs is 1. The Hall–Kier alpha value is -2.25. The van der Waals surface area contributed by atoms with E-state index in [-0.39, 0.29) is 0 Å². The summed E-state index contributed by atoms with van der Waals surface area (Å²) in [6.45, 7) is 0. The number of aromatic amines is 1. The zero-order chi connectivity index (χ0) is 14.9. The summed E-state index contributed by atoms with van der Waals surface area (Å²) in [4.78, 5) is 0. The minimum atomic E-state index is 0.762. The molecule has 0 amide bonds. The first-order valence-corrected chi connectivity index (χ1v) is 8.18. The van der Waals surface area contributed by atoms with Gasteiger partial charge in [-0.2, -0.15) is 5.10 Å². The van der Waals surface area contributed by atoms with Crippen LogP contribution in [0.5, 0.6) is 0 Å². The van der Waals surface area contributed by atoms with Gasteiger partial charge in [0.05, 0.1) is 11.7 Å². The van der Waals surface area contributed by atoms with Crippen molar-refractivity contribution in [2.24, 2.45) is 0 Å². The molecule has 0 fully saturated rings. The lowest BCUT2D eigenvalue weighted by Crippen LogP contribution is -1.88. The van der Waals surface area contributed by atoms with Crippen LogP contribution in [-0.4, -0.2) is 20.4 Å². The van der Waals surface area contributed by atoms with E-state index in [1.807, 2.05) is 42.5 Å². The summed E-state index contributed by atoms with van der Waals surface area (Å²) in [6.07, 6.45) is 1.80. The lowest BCUT2D eigenvalue weighted by atomic mass is 10.2. The molecule has 7 heteroatoms. The number of rotatable bonds is 3. The van der Waals surface area contributed by atoms with E-state index < -0.39 is 0 Å². The number of hydrogen-bond acceptors (Lipinski definition) is 5. The van der Waals surface area contributed by atoms with Gasteiger partial charge in [-0.25, -0.2) is 0 Å². The van der Waals surface area contributed by atoms with E-state index in [1.165, 1.54) is 11.3 Å². The smallest absolute Gasteiger partial charge is 0.210 e. The minimum Gasteiger partial charge on any atom is -0.330 e. The molecular weight excluding hydrogens is 362 g/mol. The first kappa shape index (κ1) is 13.4. The molecule has 0 aliphatic rings. The number of nitrogens with zero attached hydrogens (tertiary/aromatic N) is 3. The summed E-state index contributed by atoms with van der Waals surface area (Å²) in [7, 11) is 0. The number of benzene rings is 2. The van der Waals surface area contributed by atoms with Crippen molar-refractivity contribution in [1.29, 1.82) is 0 Å². The van der Waals surface area contributed by atoms with Gasteiger partial charge in [-0.1, -0.05) is 39.4 Å². The Morgan fingerprint density at radius 1 is 1.09 bits per heavy atom. The number of aromatic nitrogens is 4. The first-order chi connectivity index (χ1) is 10.8. The van der Waals surface area contributed by atoms with Crippen LogP contribution >= 0.6 is 27.3 Å². The van der Waals surface area contributed by atoms with Crippen LogP contribution < -0.4 is 5.32 Å². The highest BCUT2D eigenvalue weighted by Gasteiger charge is 2.07. The van der Waals surface area contributed by atoms with Gasteiger partial charge in [0.2, 0.25) is 5.13 Å². The maximum atomic E-state index is 4.24. The first-order valence-electron chi connectivity index (χ1n) is 6.57. The van der Waals surface area contributed by atoms with Crippen LogP contribution in [0.2, 0.25) is 0 Å². The molecule has 4 aromatic rings. The van der Waals surface area contributed by atoms with Gasteiger partial charge in [0.15, 0.2) is 0 Å². The van der Waals surface area contributed by atoms with Crippen molar-refractivity contribution in [3.63, 3.8) is 0 Å². The Labute approximate surface area is 138 Å². The van der Waals surface area contributed by atoms with Crippen molar-refractivity contribution in [1.82, 2.24) is 20.4 Å². The number of nitrogens with one attached hydrogen (secondary N) is 2. The van der Waals surface area contributed by atoms with Crippen molar-refractivity contribution < 1.29 is 0 Å². The van der Waals surface area contributed by atoms with Crippen LogP contribution in [0.3, 0.4) is 0 Å². The normalized spacial score (nSPS) is 11.0. The Kier molecular flexibility index (Phi) is 3.36. The standard InChI is InChI=1S/C15H10BrN5S/c16-11-3-1-2-9(6-11)14-20-21-15(22-14)18-12-4-5-13-10(7-12)8-17-19-13/h1-8H,(H,17,19)(H,18,21). The van der Waals surface area contributed by atoms with Crippen molar-refractivity contribution >= 4 is 49.0 Å². The molecule has 22 heavy (non-hydrogen) atoms. The number of halogens is 1. The van der Waals surface area contributed by atoms with Crippen LogP contribution in [0.25, 0.3) is 21.5 Å². The molecule has 2 N–H and O–H groups in total. The molecule has 0 saturated heterocycles. The summed E-state index contributed by atoms with van der Waals surface area (Å²) in [6, 6.07) is 14.0. The van der Waals surface area contributed by atoms with Crippen LogP contribution in [-0.2, 0) is 0 Å². The maximum Gasteiger partial charge on any atom is 0.210 e. The monoisotopic (exact) mass is 371 g/mol. The molecule has 0 bridgehead atoms.